The first kappa shape index (κ1) is 18.3. The molecule has 2 aromatic carbocycles. The zero-order chi connectivity index (χ0) is 12.8. The minimum atomic E-state index is -0.0814. The van der Waals surface area contributed by atoms with Crippen LogP contribution in [-0.4, -0.2) is 11.3 Å². The van der Waals surface area contributed by atoms with Crippen molar-refractivity contribution in [2.75, 3.05) is 0 Å². The number of hydrogen-bond donors (Lipinski definition) is 1. The minimum absolute atomic E-state index is 0. The molecule has 0 fully saturated rings. The van der Waals surface area contributed by atoms with Crippen molar-refractivity contribution in [2.45, 2.75) is 0 Å². The van der Waals surface area contributed by atoms with Gasteiger partial charge in [0.05, 0.1) is 6.21 Å². The Morgan fingerprint density at radius 1 is 1.00 bits per heavy atom. The van der Waals surface area contributed by atoms with Crippen LogP contribution >= 0.6 is 0 Å². The fraction of sp³-hybridized carbons (Fsp3) is 0. The Bertz CT molecular complexity index is 588. The summed E-state index contributed by atoms with van der Waals surface area (Å²) in [6, 6.07) is 16.0. The molecule has 4 nitrogen and oxygen atoms in total. The summed E-state index contributed by atoms with van der Waals surface area (Å²) in [6.45, 7) is 0. The quantitative estimate of drug-likeness (QED) is 0.307. The van der Waals surface area contributed by atoms with Crippen molar-refractivity contribution in [1.29, 1.82) is 0 Å². The summed E-state index contributed by atoms with van der Waals surface area (Å²) in [4.78, 5) is 0. The van der Waals surface area contributed by atoms with Crippen LogP contribution in [0.25, 0.3) is 0 Å². The Hall–Kier alpha value is -1.72. The third-order valence-electron chi connectivity index (χ3n) is 2.29. The van der Waals surface area contributed by atoms with Crippen molar-refractivity contribution in [3.8, 4) is 5.75 Å². The van der Waals surface area contributed by atoms with Gasteiger partial charge in [0.15, 0.2) is 0 Å². The maximum atomic E-state index is 11.4. The minimum Gasteiger partial charge on any atom is -0.872 e. The molecule has 0 aliphatic carbocycles. The molecule has 0 saturated heterocycles. The van der Waals surface area contributed by atoms with E-state index < -0.39 is 0 Å². The molecule has 0 bridgehead atoms. The van der Waals surface area contributed by atoms with E-state index in [0.717, 1.165) is 5.56 Å². The zero-order valence-corrected chi connectivity index (χ0v) is 12.3. The van der Waals surface area contributed by atoms with Crippen molar-refractivity contribution in [2.24, 2.45) is 10.2 Å². The molecule has 0 spiro atoms. The predicted octanol–water partition coefficient (Wildman–Crippen LogP) is 2.25. The Morgan fingerprint density at radius 2 is 1.60 bits per heavy atom. The van der Waals surface area contributed by atoms with Crippen molar-refractivity contribution >= 4 is 23.9 Å². The number of benzene rings is 2. The second kappa shape index (κ2) is 9.23. The van der Waals surface area contributed by atoms with Gasteiger partial charge in [-0.2, -0.15) is 10.2 Å². The van der Waals surface area contributed by atoms with E-state index >= 15 is 0 Å². The molecule has 2 aromatic rings. The van der Waals surface area contributed by atoms with Crippen LogP contribution in [0, 0.1) is 0 Å². The summed E-state index contributed by atoms with van der Waals surface area (Å²) in [6.07, 6.45) is 1.41. The molecule has 0 atom stereocenters. The summed E-state index contributed by atoms with van der Waals surface area (Å²) < 4.78 is 0. The maximum Gasteiger partial charge on any atom is 2.00 e. The Morgan fingerprint density at radius 3 is 2.25 bits per heavy atom. The summed E-state index contributed by atoms with van der Waals surface area (Å²) in [5, 5.41) is 19.5. The molecule has 0 amide bonds. The van der Waals surface area contributed by atoms with Gasteiger partial charge in [0.2, 0.25) is 0 Å². The average molecular weight is 335 g/mol. The number of hydrogen-bond acceptors (Lipinski definition) is 5. The van der Waals surface area contributed by atoms with E-state index in [-0.39, 0.29) is 29.0 Å². The Labute approximate surface area is 134 Å². The van der Waals surface area contributed by atoms with Gasteiger partial charge in [0.1, 0.15) is 0 Å². The van der Waals surface area contributed by atoms with Gasteiger partial charge < -0.3 is 23.9 Å². The smallest absolute Gasteiger partial charge is 0.872 e. The first-order valence-electron chi connectivity index (χ1n) is 5.37. The summed E-state index contributed by atoms with van der Waals surface area (Å²) in [5.41, 5.74) is 1.33. The van der Waals surface area contributed by atoms with Crippen LogP contribution in [0.1, 0.15) is 11.1 Å². The van der Waals surface area contributed by atoms with Crippen LogP contribution in [0.4, 0.5) is 0 Å². The Kier molecular flexibility index (Phi) is 8.43. The molecule has 0 aliphatic heterocycles. The van der Waals surface area contributed by atoms with E-state index in [1.807, 2.05) is 30.3 Å². The first-order valence-corrected chi connectivity index (χ1v) is 5.78. The van der Waals surface area contributed by atoms with E-state index in [1.54, 1.807) is 18.2 Å². The summed E-state index contributed by atoms with van der Waals surface area (Å²) in [5.74, 6) is -0.0814. The molecule has 6 heteroatoms. The fourth-order valence-corrected chi connectivity index (χ4v) is 1.55. The van der Waals surface area contributed by atoms with E-state index in [1.165, 1.54) is 12.3 Å². The van der Waals surface area contributed by atoms with Crippen molar-refractivity contribution in [1.82, 2.24) is 6.15 Å². The molecule has 20 heavy (non-hydrogen) atoms. The van der Waals surface area contributed by atoms with Gasteiger partial charge in [-0.15, -0.1) is 0 Å². The SMILES string of the molecule is N.[Cu+2].[O-]c1ccccc1/C=N/N=C(\[S-])c1ccccc1. The van der Waals surface area contributed by atoms with Crippen LogP contribution in [0.5, 0.6) is 5.75 Å². The van der Waals surface area contributed by atoms with Gasteiger partial charge in [-0.25, -0.2) is 0 Å². The molecular formula is C14H13CuN3OS. The maximum absolute atomic E-state index is 11.4. The third-order valence-corrected chi connectivity index (χ3v) is 2.60. The molecule has 0 aromatic heterocycles. The normalized spacial score (nSPS) is 10.7. The van der Waals surface area contributed by atoms with E-state index in [2.05, 4.69) is 10.2 Å². The number of rotatable bonds is 3. The standard InChI is InChI=1S/C14H12N2OS.Cu.H3N/c17-13-9-5-4-8-12(13)10-15-16-14(18)11-6-2-1-3-7-11;;/h1-10,17H,(H,16,18);;1H3/q;+2;/p-2/b15-10+;;. The van der Waals surface area contributed by atoms with Crippen molar-refractivity contribution in [3.63, 3.8) is 0 Å². The predicted molar refractivity (Wildman–Crippen MR) is 78.8 cm³/mol. The first-order chi connectivity index (χ1) is 8.77. The number of nitrogens with zero attached hydrogens (tertiary/aromatic N) is 2. The second-order valence-corrected chi connectivity index (χ2v) is 3.94. The van der Waals surface area contributed by atoms with E-state index in [4.69, 9.17) is 12.6 Å². The summed E-state index contributed by atoms with van der Waals surface area (Å²) >= 11 is 5.11. The largest absolute Gasteiger partial charge is 2.00 e. The van der Waals surface area contributed by atoms with Gasteiger partial charge in [0.25, 0.3) is 0 Å². The molecule has 0 aliphatic rings. The molecule has 0 heterocycles. The molecular weight excluding hydrogens is 322 g/mol. The summed E-state index contributed by atoms with van der Waals surface area (Å²) in [7, 11) is 0. The number of para-hydroxylation sites is 1. The van der Waals surface area contributed by atoms with Gasteiger partial charge in [-0.1, -0.05) is 65.4 Å². The van der Waals surface area contributed by atoms with E-state index in [9.17, 15) is 5.11 Å². The molecule has 0 unspecified atom stereocenters. The van der Waals surface area contributed by atoms with Crippen LogP contribution in [0.3, 0.4) is 0 Å². The van der Waals surface area contributed by atoms with E-state index in [0.29, 0.717) is 10.6 Å². The Balaban J connectivity index is 0.00000180. The van der Waals surface area contributed by atoms with Gasteiger partial charge >= 0.3 is 17.1 Å². The van der Waals surface area contributed by atoms with Gasteiger partial charge in [0, 0.05) is 0 Å². The average Bonchev–Trinajstić information content (AvgIpc) is 2.42. The fourth-order valence-electron chi connectivity index (χ4n) is 1.37. The third kappa shape index (κ3) is 5.11. The molecule has 0 saturated carbocycles. The van der Waals surface area contributed by atoms with Crippen molar-refractivity contribution < 1.29 is 22.2 Å². The van der Waals surface area contributed by atoms with Crippen LogP contribution < -0.4 is 11.3 Å². The molecule has 107 valence electrons. The molecule has 3 N–H and O–H groups in total. The second-order valence-electron chi connectivity index (χ2n) is 3.55. The van der Waals surface area contributed by atoms with Gasteiger partial charge in [-0.3, -0.25) is 0 Å². The van der Waals surface area contributed by atoms with Crippen LogP contribution in [0.2, 0.25) is 0 Å². The van der Waals surface area contributed by atoms with Crippen LogP contribution in [0.15, 0.2) is 64.8 Å². The molecule has 2 rings (SSSR count). The van der Waals surface area contributed by atoms with Crippen molar-refractivity contribution in [3.05, 3.63) is 65.7 Å². The zero-order valence-electron chi connectivity index (χ0n) is 10.5. The van der Waals surface area contributed by atoms with Gasteiger partial charge in [-0.05, 0) is 11.1 Å². The van der Waals surface area contributed by atoms with Crippen LogP contribution in [-0.2, 0) is 29.7 Å². The topological polar surface area (TPSA) is 82.8 Å². The monoisotopic (exact) mass is 334 g/mol. The molecule has 1 radical (unpaired) electrons.